The van der Waals surface area contributed by atoms with Crippen molar-refractivity contribution in [2.45, 2.75) is 45.6 Å². The number of aromatic nitrogens is 3. The summed E-state index contributed by atoms with van der Waals surface area (Å²) >= 11 is 0. The predicted octanol–water partition coefficient (Wildman–Crippen LogP) is 1.88. The molecule has 0 fully saturated rings. The number of carboxylic acid groups (broad SMARTS) is 1. The molecule has 2 aromatic rings. The van der Waals surface area contributed by atoms with Gasteiger partial charge in [-0.05, 0) is 25.5 Å². The Kier molecular flexibility index (Phi) is 6.06. The highest BCUT2D eigenvalue weighted by molar-refractivity contribution is 5.84. The average Bonchev–Trinajstić information content (AvgIpc) is 2.92. The van der Waals surface area contributed by atoms with Gasteiger partial charge in [-0.25, -0.2) is 9.48 Å². The van der Waals surface area contributed by atoms with Crippen LogP contribution in [-0.4, -0.2) is 38.0 Å². The van der Waals surface area contributed by atoms with Gasteiger partial charge in [0.15, 0.2) is 0 Å². The molecule has 1 aromatic carbocycles. The van der Waals surface area contributed by atoms with Crippen molar-refractivity contribution >= 4 is 11.9 Å². The monoisotopic (exact) mass is 330 g/mol. The smallest absolute Gasteiger partial charge is 0.326 e. The van der Waals surface area contributed by atoms with Gasteiger partial charge in [0.1, 0.15) is 6.04 Å². The third-order valence-electron chi connectivity index (χ3n) is 3.80. The second kappa shape index (κ2) is 8.24. The highest BCUT2D eigenvalue weighted by Crippen LogP contribution is 2.12. The van der Waals surface area contributed by atoms with Gasteiger partial charge < -0.3 is 10.4 Å². The topological polar surface area (TPSA) is 97.1 Å². The van der Waals surface area contributed by atoms with Crippen molar-refractivity contribution in [3.63, 3.8) is 0 Å². The maximum atomic E-state index is 12.1. The summed E-state index contributed by atoms with van der Waals surface area (Å²) in [6.07, 6.45) is 2.06. The van der Waals surface area contributed by atoms with Crippen molar-refractivity contribution in [2.24, 2.45) is 0 Å². The van der Waals surface area contributed by atoms with E-state index in [9.17, 15) is 14.7 Å². The number of rotatable bonds is 8. The zero-order chi connectivity index (χ0) is 17.5. The minimum absolute atomic E-state index is 0.00850. The van der Waals surface area contributed by atoms with Crippen LogP contribution in [0.3, 0.4) is 0 Å². The van der Waals surface area contributed by atoms with E-state index in [2.05, 4.69) is 15.6 Å². The summed E-state index contributed by atoms with van der Waals surface area (Å²) in [6, 6.07) is 8.64. The van der Waals surface area contributed by atoms with Gasteiger partial charge in [-0.15, -0.1) is 5.10 Å². The lowest BCUT2D eigenvalue weighted by atomic mass is 10.1. The Bertz CT molecular complexity index is 697. The SMILES string of the molecule is CCCC[C@H](NC(=O)Cc1nnn(-c2ccccc2)c1C)C(=O)O. The van der Waals surface area contributed by atoms with Gasteiger partial charge in [-0.2, -0.15) is 0 Å². The molecule has 2 N–H and O–H groups in total. The van der Waals surface area contributed by atoms with Gasteiger partial charge in [-0.1, -0.05) is 43.2 Å². The van der Waals surface area contributed by atoms with Crippen molar-refractivity contribution in [3.05, 3.63) is 41.7 Å². The zero-order valence-corrected chi connectivity index (χ0v) is 13.9. The lowest BCUT2D eigenvalue weighted by Gasteiger charge is -2.13. The van der Waals surface area contributed by atoms with Crippen LogP contribution in [0.2, 0.25) is 0 Å². The van der Waals surface area contributed by atoms with Crippen LogP contribution in [0.1, 0.15) is 37.6 Å². The molecule has 0 saturated heterocycles. The lowest BCUT2D eigenvalue weighted by Crippen LogP contribution is -2.41. The molecule has 24 heavy (non-hydrogen) atoms. The molecule has 128 valence electrons. The minimum atomic E-state index is -1.01. The molecule has 0 unspecified atom stereocenters. The molecule has 7 nitrogen and oxygen atoms in total. The summed E-state index contributed by atoms with van der Waals surface area (Å²) in [5.74, 6) is -1.37. The third kappa shape index (κ3) is 4.41. The first-order valence-corrected chi connectivity index (χ1v) is 8.01. The Hall–Kier alpha value is -2.70. The van der Waals surface area contributed by atoms with Crippen LogP contribution in [0, 0.1) is 6.92 Å². The summed E-state index contributed by atoms with van der Waals surface area (Å²) in [6.45, 7) is 3.81. The highest BCUT2D eigenvalue weighted by Gasteiger charge is 2.21. The lowest BCUT2D eigenvalue weighted by molar-refractivity contribution is -0.142. The second-order valence-corrected chi connectivity index (χ2v) is 5.65. The number of carbonyl (C=O) groups excluding carboxylic acids is 1. The van der Waals surface area contributed by atoms with E-state index in [-0.39, 0.29) is 12.3 Å². The molecule has 0 aliphatic carbocycles. The molecule has 0 saturated carbocycles. The maximum absolute atomic E-state index is 12.1. The number of hydrogen-bond acceptors (Lipinski definition) is 4. The first kappa shape index (κ1) is 17.7. The zero-order valence-electron chi connectivity index (χ0n) is 13.9. The Labute approximate surface area is 140 Å². The van der Waals surface area contributed by atoms with Crippen molar-refractivity contribution in [3.8, 4) is 5.69 Å². The van der Waals surface area contributed by atoms with Gasteiger partial charge in [0, 0.05) is 0 Å². The van der Waals surface area contributed by atoms with Crippen LogP contribution in [0.5, 0.6) is 0 Å². The summed E-state index contributed by atoms with van der Waals surface area (Å²) in [4.78, 5) is 23.3. The van der Waals surface area contributed by atoms with Gasteiger partial charge in [0.25, 0.3) is 0 Å². The maximum Gasteiger partial charge on any atom is 0.326 e. The van der Waals surface area contributed by atoms with Gasteiger partial charge in [0.2, 0.25) is 5.91 Å². The third-order valence-corrected chi connectivity index (χ3v) is 3.80. The van der Waals surface area contributed by atoms with Crippen LogP contribution in [0.15, 0.2) is 30.3 Å². The normalized spacial score (nSPS) is 11.9. The summed E-state index contributed by atoms with van der Waals surface area (Å²) in [5.41, 5.74) is 2.16. The molecular weight excluding hydrogens is 308 g/mol. The number of benzene rings is 1. The first-order chi connectivity index (χ1) is 11.5. The van der Waals surface area contributed by atoms with E-state index in [0.29, 0.717) is 12.1 Å². The van der Waals surface area contributed by atoms with Crippen molar-refractivity contribution in [1.82, 2.24) is 20.3 Å². The molecule has 0 aliphatic rings. The van der Waals surface area contributed by atoms with Crippen LogP contribution < -0.4 is 5.32 Å². The van der Waals surface area contributed by atoms with E-state index >= 15 is 0 Å². The standard InChI is InChI=1S/C17H22N4O3/c1-3-4-10-14(17(23)24)18-16(22)11-15-12(2)21(20-19-15)13-8-6-5-7-9-13/h5-9,14H,3-4,10-11H2,1-2H3,(H,18,22)(H,23,24)/t14-/m0/s1. The Morgan fingerprint density at radius 1 is 1.29 bits per heavy atom. The number of aliphatic carboxylic acids is 1. The molecule has 0 radical (unpaired) electrons. The predicted molar refractivity (Wildman–Crippen MR) is 88.9 cm³/mol. The number of unbranched alkanes of at least 4 members (excludes halogenated alkanes) is 1. The van der Waals surface area contributed by atoms with Crippen LogP contribution >= 0.6 is 0 Å². The van der Waals surface area contributed by atoms with Crippen molar-refractivity contribution < 1.29 is 14.7 Å². The van der Waals surface area contributed by atoms with E-state index < -0.39 is 12.0 Å². The Morgan fingerprint density at radius 2 is 2.00 bits per heavy atom. The molecule has 0 aliphatic heterocycles. The summed E-state index contributed by atoms with van der Waals surface area (Å²) in [7, 11) is 0. The number of nitrogens with one attached hydrogen (secondary N) is 1. The summed E-state index contributed by atoms with van der Waals surface area (Å²) < 4.78 is 1.66. The molecule has 1 heterocycles. The summed E-state index contributed by atoms with van der Waals surface area (Å²) in [5, 5.41) is 19.9. The molecular formula is C17H22N4O3. The van der Waals surface area contributed by atoms with Gasteiger partial charge >= 0.3 is 5.97 Å². The number of amides is 1. The second-order valence-electron chi connectivity index (χ2n) is 5.65. The van der Waals surface area contributed by atoms with E-state index in [0.717, 1.165) is 24.2 Å². The minimum Gasteiger partial charge on any atom is -0.480 e. The molecule has 7 heteroatoms. The van der Waals surface area contributed by atoms with Crippen molar-refractivity contribution in [1.29, 1.82) is 0 Å². The fourth-order valence-electron chi connectivity index (χ4n) is 2.40. The van der Waals surface area contributed by atoms with E-state index in [4.69, 9.17) is 0 Å². The fourth-order valence-corrected chi connectivity index (χ4v) is 2.40. The molecule has 1 aromatic heterocycles. The average molecular weight is 330 g/mol. The molecule has 0 spiro atoms. The number of nitrogens with zero attached hydrogens (tertiary/aromatic N) is 3. The largest absolute Gasteiger partial charge is 0.480 e. The number of carboxylic acids is 1. The van der Waals surface area contributed by atoms with Gasteiger partial charge in [0.05, 0.1) is 23.5 Å². The quantitative estimate of drug-likeness (QED) is 0.770. The van der Waals surface area contributed by atoms with E-state index in [1.807, 2.05) is 44.2 Å². The number of carbonyl (C=O) groups is 2. The molecule has 0 bridgehead atoms. The number of para-hydroxylation sites is 1. The fraction of sp³-hybridized carbons (Fsp3) is 0.412. The van der Waals surface area contributed by atoms with Crippen molar-refractivity contribution in [2.75, 3.05) is 0 Å². The molecule has 1 atom stereocenters. The molecule has 2 rings (SSSR count). The first-order valence-electron chi connectivity index (χ1n) is 8.01. The highest BCUT2D eigenvalue weighted by atomic mass is 16.4. The molecule has 1 amide bonds. The van der Waals surface area contributed by atoms with Crippen LogP contribution in [0.4, 0.5) is 0 Å². The Balaban J connectivity index is 2.04. The van der Waals surface area contributed by atoms with Gasteiger partial charge in [-0.3, -0.25) is 4.79 Å². The van der Waals surface area contributed by atoms with E-state index in [1.54, 1.807) is 4.68 Å². The van der Waals surface area contributed by atoms with E-state index in [1.165, 1.54) is 0 Å². The Morgan fingerprint density at radius 3 is 2.62 bits per heavy atom. The van der Waals surface area contributed by atoms with Crippen LogP contribution in [0.25, 0.3) is 5.69 Å². The van der Waals surface area contributed by atoms with Crippen LogP contribution in [-0.2, 0) is 16.0 Å². The number of hydrogen-bond donors (Lipinski definition) is 2.